The maximum Gasteiger partial charge on any atom is 0.289 e. The molecule has 0 saturated carbocycles. The van der Waals surface area contributed by atoms with Crippen molar-refractivity contribution in [3.8, 4) is 23.0 Å². The Morgan fingerprint density at radius 3 is 2.16 bits per heavy atom. The van der Waals surface area contributed by atoms with Gasteiger partial charge < -0.3 is 14.2 Å². The molecule has 37 heavy (non-hydrogen) atoms. The number of hydrogen-bond acceptors (Lipinski definition) is 6. The molecular formula is C29H30FNO5S. The standard InChI is InChI=1S/C29H30FNO5S/c1-3-6-21-19-26(36-25-16-14-23(34-2)15-17-25)11-8-20(21)7-4-5-18-35-24-12-9-22(10-13-24)29(30)27(32)31-28(33)37-29/h8-17,19H,3-7,18H2,1-2H3,(H,31,32,33). The van der Waals surface area contributed by atoms with E-state index >= 15 is 0 Å². The van der Waals surface area contributed by atoms with Crippen molar-refractivity contribution in [2.75, 3.05) is 13.7 Å². The third kappa shape index (κ3) is 6.63. The number of imide groups is 1. The number of carbonyl (C=O) groups is 2. The van der Waals surface area contributed by atoms with Crippen LogP contribution in [0.2, 0.25) is 0 Å². The minimum absolute atomic E-state index is 0.121. The molecule has 3 aromatic rings. The second-order valence-corrected chi connectivity index (χ2v) is 9.86. The lowest BCUT2D eigenvalue weighted by Gasteiger charge is -2.15. The number of nitrogens with one attached hydrogen (secondary N) is 1. The maximum atomic E-state index is 14.9. The topological polar surface area (TPSA) is 73.9 Å². The minimum atomic E-state index is -2.39. The van der Waals surface area contributed by atoms with E-state index in [-0.39, 0.29) is 5.56 Å². The van der Waals surface area contributed by atoms with Crippen molar-refractivity contribution >= 4 is 22.9 Å². The summed E-state index contributed by atoms with van der Waals surface area (Å²) in [7, 11) is 1.64. The highest BCUT2D eigenvalue weighted by Crippen LogP contribution is 2.43. The monoisotopic (exact) mass is 523 g/mol. The van der Waals surface area contributed by atoms with E-state index in [1.165, 1.54) is 23.3 Å². The van der Waals surface area contributed by atoms with E-state index < -0.39 is 16.1 Å². The second kappa shape index (κ2) is 12.1. The quantitative estimate of drug-likeness (QED) is 0.259. The summed E-state index contributed by atoms with van der Waals surface area (Å²) in [6, 6.07) is 20.0. The highest BCUT2D eigenvalue weighted by Gasteiger charge is 2.50. The Hall–Kier alpha value is -3.52. The van der Waals surface area contributed by atoms with Crippen molar-refractivity contribution in [3.05, 3.63) is 83.4 Å². The van der Waals surface area contributed by atoms with Crippen LogP contribution in [0.4, 0.5) is 9.18 Å². The van der Waals surface area contributed by atoms with Gasteiger partial charge in [0.1, 0.15) is 23.0 Å². The van der Waals surface area contributed by atoms with Gasteiger partial charge in [-0.05, 0) is 97.1 Å². The molecule has 1 aliphatic heterocycles. The molecule has 0 bridgehead atoms. The molecule has 1 aliphatic rings. The number of carbonyl (C=O) groups excluding carboxylic acids is 2. The van der Waals surface area contributed by atoms with Crippen LogP contribution in [0.15, 0.2) is 66.7 Å². The lowest BCUT2D eigenvalue weighted by atomic mass is 9.98. The molecule has 4 rings (SSSR count). The molecule has 1 fully saturated rings. The van der Waals surface area contributed by atoms with Gasteiger partial charge in [0.05, 0.1) is 13.7 Å². The zero-order chi connectivity index (χ0) is 26.3. The molecule has 1 atom stereocenters. The number of ether oxygens (including phenoxy) is 3. The highest BCUT2D eigenvalue weighted by molar-refractivity contribution is 8.15. The van der Waals surface area contributed by atoms with E-state index in [9.17, 15) is 14.0 Å². The molecule has 0 spiro atoms. The number of halogens is 1. The number of unbranched alkanes of at least 4 members (excludes halogenated alkanes) is 1. The molecule has 194 valence electrons. The summed E-state index contributed by atoms with van der Waals surface area (Å²) in [6.45, 7) is 2.69. The maximum absolute atomic E-state index is 14.9. The van der Waals surface area contributed by atoms with Crippen LogP contribution < -0.4 is 19.5 Å². The lowest BCUT2D eigenvalue weighted by Crippen LogP contribution is -2.30. The van der Waals surface area contributed by atoms with E-state index in [4.69, 9.17) is 14.2 Å². The van der Waals surface area contributed by atoms with Gasteiger partial charge in [-0.25, -0.2) is 4.39 Å². The first-order valence-corrected chi connectivity index (χ1v) is 13.1. The molecule has 1 saturated heterocycles. The fraction of sp³-hybridized carbons (Fsp3) is 0.310. The van der Waals surface area contributed by atoms with Gasteiger partial charge in [-0.2, -0.15) is 0 Å². The molecule has 0 aromatic heterocycles. The van der Waals surface area contributed by atoms with Crippen molar-refractivity contribution in [1.29, 1.82) is 0 Å². The molecule has 3 aromatic carbocycles. The van der Waals surface area contributed by atoms with Gasteiger partial charge in [0.15, 0.2) is 0 Å². The van der Waals surface area contributed by atoms with Crippen LogP contribution in [0.3, 0.4) is 0 Å². The number of aryl methyl sites for hydroxylation is 2. The average molecular weight is 524 g/mol. The average Bonchev–Trinajstić information content (AvgIpc) is 3.17. The van der Waals surface area contributed by atoms with E-state index in [0.29, 0.717) is 24.1 Å². The zero-order valence-corrected chi connectivity index (χ0v) is 21.7. The fourth-order valence-corrected chi connectivity index (χ4v) is 4.92. The van der Waals surface area contributed by atoms with Crippen molar-refractivity contribution in [2.24, 2.45) is 0 Å². The van der Waals surface area contributed by atoms with Crippen LogP contribution in [0.25, 0.3) is 0 Å². The van der Waals surface area contributed by atoms with Crippen LogP contribution in [-0.4, -0.2) is 24.9 Å². The van der Waals surface area contributed by atoms with Gasteiger partial charge in [-0.1, -0.05) is 31.5 Å². The smallest absolute Gasteiger partial charge is 0.289 e. The number of rotatable bonds is 12. The molecule has 8 heteroatoms. The lowest BCUT2D eigenvalue weighted by molar-refractivity contribution is -0.126. The van der Waals surface area contributed by atoms with Gasteiger partial charge in [-0.3, -0.25) is 14.9 Å². The van der Waals surface area contributed by atoms with E-state index in [0.717, 1.165) is 49.4 Å². The van der Waals surface area contributed by atoms with Gasteiger partial charge in [-0.15, -0.1) is 0 Å². The highest BCUT2D eigenvalue weighted by atomic mass is 32.2. The van der Waals surface area contributed by atoms with Crippen LogP contribution in [0, 0.1) is 0 Å². The molecular weight excluding hydrogens is 493 g/mol. The van der Waals surface area contributed by atoms with Crippen LogP contribution in [-0.2, 0) is 22.6 Å². The summed E-state index contributed by atoms with van der Waals surface area (Å²) in [5, 5.41) is -1.09. The van der Waals surface area contributed by atoms with Crippen molar-refractivity contribution in [2.45, 2.75) is 44.0 Å². The van der Waals surface area contributed by atoms with Crippen LogP contribution in [0.1, 0.15) is 42.9 Å². The van der Waals surface area contributed by atoms with E-state index in [1.807, 2.05) is 35.6 Å². The molecule has 1 N–H and O–H groups in total. The van der Waals surface area contributed by atoms with Gasteiger partial charge in [0.2, 0.25) is 0 Å². The van der Waals surface area contributed by atoms with Crippen molar-refractivity contribution in [1.82, 2.24) is 5.32 Å². The molecule has 1 unspecified atom stereocenters. The summed E-state index contributed by atoms with van der Waals surface area (Å²) in [6.07, 6.45) is 4.78. The summed E-state index contributed by atoms with van der Waals surface area (Å²) in [5.41, 5.74) is 2.72. The minimum Gasteiger partial charge on any atom is -0.497 e. The van der Waals surface area contributed by atoms with E-state index in [1.54, 1.807) is 19.2 Å². The molecule has 2 amide bonds. The third-order valence-electron chi connectivity index (χ3n) is 6.07. The van der Waals surface area contributed by atoms with Crippen molar-refractivity contribution < 1.29 is 28.2 Å². The summed E-state index contributed by atoms with van der Waals surface area (Å²) >= 11 is 0.345. The Balaban J connectivity index is 1.26. The largest absolute Gasteiger partial charge is 0.497 e. The van der Waals surface area contributed by atoms with Gasteiger partial charge in [0.25, 0.3) is 16.1 Å². The molecule has 1 heterocycles. The Labute approximate surface area is 220 Å². The Kier molecular flexibility index (Phi) is 8.71. The van der Waals surface area contributed by atoms with Crippen LogP contribution >= 0.6 is 11.8 Å². The van der Waals surface area contributed by atoms with Gasteiger partial charge >= 0.3 is 0 Å². The first-order valence-electron chi connectivity index (χ1n) is 12.3. The number of methoxy groups -OCH3 is 1. The fourth-order valence-electron chi connectivity index (χ4n) is 4.13. The Morgan fingerprint density at radius 2 is 1.51 bits per heavy atom. The summed E-state index contributed by atoms with van der Waals surface area (Å²) in [4.78, 5) is 23.1. The Bertz CT molecular complexity index is 1230. The predicted molar refractivity (Wildman–Crippen MR) is 142 cm³/mol. The van der Waals surface area contributed by atoms with Crippen LogP contribution in [0.5, 0.6) is 23.0 Å². The summed E-state index contributed by atoms with van der Waals surface area (Å²) < 4.78 is 31.9. The third-order valence-corrected chi connectivity index (χ3v) is 7.06. The predicted octanol–water partition coefficient (Wildman–Crippen LogP) is 6.95. The van der Waals surface area contributed by atoms with Gasteiger partial charge in [0, 0.05) is 5.56 Å². The zero-order valence-electron chi connectivity index (χ0n) is 20.9. The molecule has 0 aliphatic carbocycles. The number of alkyl halides is 1. The number of amides is 2. The first kappa shape index (κ1) is 26.5. The number of benzene rings is 3. The molecule has 6 nitrogen and oxygen atoms in total. The summed E-state index contributed by atoms with van der Waals surface area (Å²) in [5.74, 6) is 2.02. The SMILES string of the molecule is CCCc1cc(Oc2ccc(OC)cc2)ccc1CCCCOc1ccc(C2(F)SC(=O)NC2=O)cc1. The van der Waals surface area contributed by atoms with E-state index in [2.05, 4.69) is 19.1 Å². The second-order valence-electron chi connectivity index (χ2n) is 8.73. The number of thioether (sulfide) groups is 1. The normalized spacial score (nSPS) is 16.9. The first-order chi connectivity index (χ1) is 17.9. The number of hydrogen-bond donors (Lipinski definition) is 1. The molecule has 0 radical (unpaired) electrons. The Morgan fingerprint density at radius 1 is 0.838 bits per heavy atom. The van der Waals surface area contributed by atoms with Crippen molar-refractivity contribution in [3.63, 3.8) is 0 Å².